The van der Waals surface area contributed by atoms with Crippen molar-refractivity contribution in [2.24, 2.45) is 5.92 Å². The second-order valence-electron chi connectivity index (χ2n) is 5.54. The molecule has 1 N–H and O–H groups in total. The number of fused-ring (bicyclic) bond motifs is 4. The smallest absolute Gasteiger partial charge is 0.310 e. The molecule has 2 nitrogen and oxygen atoms in total. The highest BCUT2D eigenvalue weighted by atomic mass is 16.4. The zero-order chi connectivity index (χ0) is 14.4. The molecule has 0 aromatic heterocycles. The van der Waals surface area contributed by atoms with Gasteiger partial charge in [-0.2, -0.15) is 0 Å². The molecule has 4 rings (SSSR count). The molecule has 0 fully saturated rings. The number of carboxylic acid groups (broad SMARTS) is 1. The molecular weight excluding hydrogens is 260 g/mol. The number of benzene rings is 3. The van der Waals surface area contributed by atoms with E-state index in [1.165, 1.54) is 16.2 Å². The van der Waals surface area contributed by atoms with E-state index in [0.29, 0.717) is 6.42 Å². The van der Waals surface area contributed by atoms with Gasteiger partial charge in [-0.3, -0.25) is 4.79 Å². The van der Waals surface area contributed by atoms with E-state index in [0.717, 1.165) is 15.8 Å². The van der Waals surface area contributed by atoms with E-state index in [4.69, 9.17) is 5.11 Å². The van der Waals surface area contributed by atoms with Crippen molar-refractivity contribution < 1.29 is 9.90 Å². The van der Waals surface area contributed by atoms with Gasteiger partial charge in [-0.15, -0.1) is 0 Å². The molecule has 0 aliphatic heterocycles. The molecule has 1 unspecified atom stereocenters. The summed E-state index contributed by atoms with van der Waals surface area (Å²) >= 11 is 0. The van der Waals surface area contributed by atoms with Crippen LogP contribution in [-0.2, 0) is 4.79 Å². The maximum absolute atomic E-state index is 11.2. The molecular formula is C19H14O2. The van der Waals surface area contributed by atoms with Gasteiger partial charge in [0.25, 0.3) is 0 Å². The lowest BCUT2D eigenvalue weighted by Gasteiger charge is -2.10. The van der Waals surface area contributed by atoms with Crippen LogP contribution in [0.3, 0.4) is 0 Å². The summed E-state index contributed by atoms with van der Waals surface area (Å²) in [5.41, 5.74) is 0. The molecule has 1 aliphatic rings. The minimum absolute atomic E-state index is 0.407. The zero-order valence-corrected chi connectivity index (χ0v) is 11.4. The molecule has 0 radical (unpaired) electrons. The monoisotopic (exact) mass is 274 g/mol. The first-order chi connectivity index (χ1) is 10.2. The molecule has 0 saturated carbocycles. The molecule has 0 heterocycles. The number of carbonyl (C=O) groups is 1. The molecule has 3 aromatic rings. The van der Waals surface area contributed by atoms with Crippen LogP contribution in [0.1, 0.15) is 6.42 Å². The fourth-order valence-corrected chi connectivity index (χ4v) is 3.12. The average molecular weight is 274 g/mol. The van der Waals surface area contributed by atoms with Crippen molar-refractivity contribution in [3.05, 3.63) is 59.0 Å². The van der Waals surface area contributed by atoms with E-state index in [1.807, 2.05) is 18.2 Å². The number of carboxylic acids is 1. The normalized spacial score (nSPS) is 17.0. The first-order valence-electron chi connectivity index (χ1n) is 7.09. The van der Waals surface area contributed by atoms with Crippen LogP contribution in [0, 0.1) is 5.92 Å². The van der Waals surface area contributed by atoms with Gasteiger partial charge in [0.1, 0.15) is 0 Å². The number of hydrogen-bond acceptors (Lipinski definition) is 1. The minimum Gasteiger partial charge on any atom is -0.481 e. The lowest BCUT2D eigenvalue weighted by Crippen LogP contribution is -2.31. The SMILES string of the molecule is O=C(O)C1C=c2cc3ccc4ccccc4c3cc2=CC1. The van der Waals surface area contributed by atoms with Crippen molar-refractivity contribution in [3.8, 4) is 0 Å². The summed E-state index contributed by atoms with van der Waals surface area (Å²) in [7, 11) is 0. The van der Waals surface area contributed by atoms with Gasteiger partial charge in [0.2, 0.25) is 0 Å². The van der Waals surface area contributed by atoms with E-state index in [9.17, 15) is 4.79 Å². The van der Waals surface area contributed by atoms with Gasteiger partial charge in [0, 0.05) is 0 Å². The van der Waals surface area contributed by atoms with Gasteiger partial charge in [-0.1, -0.05) is 48.6 Å². The van der Waals surface area contributed by atoms with Crippen LogP contribution in [0.2, 0.25) is 0 Å². The van der Waals surface area contributed by atoms with Crippen molar-refractivity contribution >= 4 is 39.7 Å². The van der Waals surface area contributed by atoms with Crippen LogP contribution < -0.4 is 10.4 Å². The van der Waals surface area contributed by atoms with Crippen LogP contribution in [0.15, 0.2) is 48.5 Å². The summed E-state index contributed by atoms with van der Waals surface area (Å²) in [5.74, 6) is -1.16. The third-order valence-electron chi connectivity index (χ3n) is 4.24. The Labute approximate surface area is 121 Å². The minimum atomic E-state index is -0.754. The molecule has 0 spiro atoms. The third-order valence-corrected chi connectivity index (χ3v) is 4.24. The number of aliphatic carboxylic acids is 1. The molecule has 3 aromatic carbocycles. The Bertz CT molecular complexity index is 999. The van der Waals surface area contributed by atoms with E-state index in [-0.39, 0.29) is 0 Å². The van der Waals surface area contributed by atoms with Crippen LogP contribution in [0.25, 0.3) is 33.7 Å². The van der Waals surface area contributed by atoms with Crippen molar-refractivity contribution in [1.82, 2.24) is 0 Å². The summed E-state index contributed by atoms with van der Waals surface area (Å²) in [6, 6.07) is 16.9. The Morgan fingerprint density at radius 1 is 0.952 bits per heavy atom. The van der Waals surface area contributed by atoms with Crippen molar-refractivity contribution in [2.75, 3.05) is 0 Å². The Balaban J connectivity index is 2.08. The van der Waals surface area contributed by atoms with Gasteiger partial charge in [0.05, 0.1) is 5.92 Å². The Kier molecular flexibility index (Phi) is 2.58. The molecule has 2 heteroatoms. The Morgan fingerprint density at radius 3 is 2.62 bits per heavy atom. The second kappa shape index (κ2) is 4.45. The van der Waals surface area contributed by atoms with Gasteiger partial charge in [-0.05, 0) is 50.5 Å². The fourth-order valence-electron chi connectivity index (χ4n) is 3.12. The molecule has 0 saturated heterocycles. The van der Waals surface area contributed by atoms with E-state index >= 15 is 0 Å². The van der Waals surface area contributed by atoms with E-state index < -0.39 is 11.9 Å². The number of hydrogen-bond donors (Lipinski definition) is 1. The summed E-state index contributed by atoms with van der Waals surface area (Å²) in [6.45, 7) is 0. The summed E-state index contributed by atoms with van der Waals surface area (Å²) in [6.07, 6.45) is 4.47. The lowest BCUT2D eigenvalue weighted by atomic mass is 9.94. The van der Waals surface area contributed by atoms with Gasteiger partial charge < -0.3 is 5.11 Å². The van der Waals surface area contributed by atoms with Gasteiger partial charge in [0.15, 0.2) is 0 Å². The maximum atomic E-state index is 11.2. The van der Waals surface area contributed by atoms with Crippen molar-refractivity contribution in [3.63, 3.8) is 0 Å². The van der Waals surface area contributed by atoms with Crippen LogP contribution in [-0.4, -0.2) is 11.1 Å². The third kappa shape index (κ3) is 1.91. The van der Waals surface area contributed by atoms with Crippen molar-refractivity contribution in [1.29, 1.82) is 0 Å². The largest absolute Gasteiger partial charge is 0.481 e. The standard InChI is InChI=1S/C19H14O2/c20-19(21)15-8-6-13-11-18-14(9-16(13)10-15)7-5-12-3-1-2-4-17(12)18/h1-7,9-11,15H,8H2,(H,20,21). The summed E-state index contributed by atoms with van der Waals surface area (Å²) in [4.78, 5) is 11.2. The molecule has 0 amide bonds. The Hall–Kier alpha value is -2.61. The first-order valence-corrected chi connectivity index (χ1v) is 7.09. The highest BCUT2D eigenvalue weighted by Gasteiger charge is 2.15. The molecule has 1 atom stereocenters. The van der Waals surface area contributed by atoms with Crippen LogP contribution in [0.4, 0.5) is 0 Å². The second-order valence-corrected chi connectivity index (χ2v) is 5.54. The molecule has 0 bridgehead atoms. The fraction of sp³-hybridized carbons (Fsp3) is 0.105. The highest BCUT2D eigenvalue weighted by Crippen LogP contribution is 2.23. The summed E-state index contributed by atoms with van der Waals surface area (Å²) in [5, 5.41) is 16.2. The molecule has 102 valence electrons. The number of rotatable bonds is 1. The van der Waals surface area contributed by atoms with E-state index in [2.05, 4.69) is 42.5 Å². The van der Waals surface area contributed by atoms with Gasteiger partial charge >= 0.3 is 5.97 Å². The topological polar surface area (TPSA) is 37.3 Å². The first kappa shape index (κ1) is 12.2. The molecule has 1 aliphatic carbocycles. The maximum Gasteiger partial charge on any atom is 0.310 e. The van der Waals surface area contributed by atoms with Crippen LogP contribution in [0.5, 0.6) is 0 Å². The van der Waals surface area contributed by atoms with Gasteiger partial charge in [-0.25, -0.2) is 0 Å². The zero-order valence-electron chi connectivity index (χ0n) is 11.4. The summed E-state index contributed by atoms with van der Waals surface area (Å²) < 4.78 is 0. The predicted molar refractivity (Wildman–Crippen MR) is 85.4 cm³/mol. The lowest BCUT2D eigenvalue weighted by molar-refractivity contribution is -0.139. The average Bonchev–Trinajstić information content (AvgIpc) is 2.52. The Morgan fingerprint density at radius 2 is 1.76 bits per heavy atom. The molecule has 21 heavy (non-hydrogen) atoms. The van der Waals surface area contributed by atoms with E-state index in [1.54, 1.807) is 0 Å². The quantitative estimate of drug-likeness (QED) is 0.693. The van der Waals surface area contributed by atoms with Crippen molar-refractivity contribution in [2.45, 2.75) is 6.42 Å². The predicted octanol–water partition coefficient (Wildman–Crippen LogP) is 2.66. The van der Waals surface area contributed by atoms with Crippen LogP contribution >= 0.6 is 0 Å². The highest BCUT2D eigenvalue weighted by molar-refractivity contribution is 6.07.